The molecule has 3 aromatic rings. The first kappa shape index (κ1) is 25.3. The van der Waals surface area contributed by atoms with E-state index in [0.717, 1.165) is 27.2 Å². The van der Waals surface area contributed by atoms with E-state index in [4.69, 9.17) is 21.9 Å². The number of hydrogen-bond donors (Lipinski definition) is 0. The van der Waals surface area contributed by atoms with Crippen molar-refractivity contribution in [2.45, 2.75) is 52.9 Å². The van der Waals surface area contributed by atoms with Crippen LogP contribution in [0.3, 0.4) is 0 Å². The number of halogens is 2. The van der Waals surface area contributed by atoms with Crippen LogP contribution in [0.25, 0.3) is 22.3 Å². The Labute approximate surface area is 216 Å². The van der Waals surface area contributed by atoms with E-state index in [-0.39, 0.29) is 0 Å². The third kappa shape index (κ3) is 5.24. The molecule has 1 aliphatic rings. The van der Waals surface area contributed by atoms with Crippen molar-refractivity contribution in [1.29, 1.82) is 0 Å². The Balaban J connectivity index is 2.02. The van der Waals surface area contributed by atoms with Gasteiger partial charge < -0.3 is 0 Å². The average molecular weight is 527 g/mol. The molecule has 0 fully saturated rings. The van der Waals surface area contributed by atoms with Gasteiger partial charge in [0.25, 0.3) is 0 Å². The van der Waals surface area contributed by atoms with Gasteiger partial charge in [-0.3, -0.25) is 0 Å². The molecule has 4 heteroatoms. The summed E-state index contributed by atoms with van der Waals surface area (Å²) in [6, 6.07) is 21.6. The van der Waals surface area contributed by atoms with E-state index in [2.05, 4.69) is 101 Å². The van der Waals surface area contributed by atoms with Gasteiger partial charge in [-0.25, -0.2) is 0 Å². The maximum atomic E-state index is 7.06. The summed E-state index contributed by atoms with van der Waals surface area (Å²) in [5.41, 5.74) is 8.20. The van der Waals surface area contributed by atoms with Crippen LogP contribution in [-0.4, -0.2) is 0 Å². The van der Waals surface area contributed by atoms with Crippen molar-refractivity contribution in [3.8, 4) is 28.0 Å². The number of allylic oxidation sites excluding steroid dienone is 4. The summed E-state index contributed by atoms with van der Waals surface area (Å²) in [6.07, 6.45) is 6.89. The van der Waals surface area contributed by atoms with Gasteiger partial charge in [0.05, 0.1) is 0 Å². The van der Waals surface area contributed by atoms with Crippen LogP contribution < -0.4 is 3.32 Å². The fourth-order valence-electron chi connectivity index (χ4n) is 4.63. The van der Waals surface area contributed by atoms with E-state index in [1.165, 1.54) is 27.8 Å². The monoisotopic (exact) mass is 526 g/mol. The topological polar surface area (TPSA) is 9.23 Å². The van der Waals surface area contributed by atoms with Gasteiger partial charge in [0.1, 0.15) is 0 Å². The number of rotatable bonds is 7. The van der Waals surface area contributed by atoms with Crippen molar-refractivity contribution in [3.63, 3.8) is 0 Å². The summed E-state index contributed by atoms with van der Waals surface area (Å²) in [5, 5.41) is 0. The molecule has 0 saturated heterocycles. The van der Waals surface area contributed by atoms with Crippen LogP contribution in [0.4, 0.5) is 0 Å². The first-order chi connectivity index (χ1) is 16.2. The summed E-state index contributed by atoms with van der Waals surface area (Å²) in [6.45, 7) is 11.1. The molecule has 176 valence electrons. The number of hydrogen-bond acceptors (Lipinski definition) is 1. The molecule has 1 aliphatic carbocycles. The zero-order valence-electron chi connectivity index (χ0n) is 20.5. The van der Waals surface area contributed by atoms with Gasteiger partial charge in [-0.2, -0.15) is 0 Å². The molecule has 0 N–H and O–H groups in total. The van der Waals surface area contributed by atoms with Gasteiger partial charge in [0, 0.05) is 0 Å². The Hall–Kier alpha value is -1.77. The zero-order chi connectivity index (χ0) is 24.5. The third-order valence-electron chi connectivity index (χ3n) is 6.35. The molecule has 0 amide bonds. The molecular formula is C30H32Cl2OTi. The van der Waals surface area contributed by atoms with Crippen molar-refractivity contribution in [2.24, 2.45) is 0 Å². The average Bonchev–Trinajstić information content (AvgIpc) is 3.36. The van der Waals surface area contributed by atoms with Crippen LogP contribution >= 0.6 is 18.6 Å². The fourth-order valence-corrected chi connectivity index (χ4v) is 8.38. The van der Waals surface area contributed by atoms with Crippen LogP contribution in [0.15, 0.2) is 82.8 Å². The predicted octanol–water partition coefficient (Wildman–Crippen LogP) is 10.2. The van der Waals surface area contributed by atoms with E-state index in [0.29, 0.717) is 11.8 Å². The molecule has 0 unspecified atom stereocenters. The molecule has 0 atom stereocenters. The number of benzene rings is 3. The van der Waals surface area contributed by atoms with Crippen LogP contribution in [0, 0.1) is 6.92 Å². The van der Waals surface area contributed by atoms with Gasteiger partial charge >= 0.3 is 217 Å². The molecule has 0 radical (unpaired) electrons. The predicted molar refractivity (Wildman–Crippen MR) is 144 cm³/mol. The molecular weight excluding hydrogens is 495 g/mol. The second-order valence-corrected chi connectivity index (χ2v) is 17.7. The van der Waals surface area contributed by atoms with Crippen LogP contribution in [0.1, 0.15) is 62.6 Å². The van der Waals surface area contributed by atoms with E-state index in [9.17, 15) is 0 Å². The molecule has 0 aromatic heterocycles. The summed E-state index contributed by atoms with van der Waals surface area (Å²) in [4.78, 5) is 0. The first-order valence-electron chi connectivity index (χ1n) is 11.9. The molecule has 0 saturated carbocycles. The Morgan fingerprint density at radius 1 is 0.765 bits per heavy atom. The Morgan fingerprint density at radius 2 is 1.26 bits per heavy atom. The van der Waals surface area contributed by atoms with Crippen molar-refractivity contribution in [2.75, 3.05) is 0 Å². The summed E-state index contributed by atoms with van der Waals surface area (Å²) >= 11 is -3.81. The summed E-state index contributed by atoms with van der Waals surface area (Å²) < 4.78 is 7.81. The molecule has 0 spiro atoms. The molecule has 0 aliphatic heterocycles. The zero-order valence-corrected chi connectivity index (χ0v) is 23.6. The fraction of sp³-hybridized carbons (Fsp3) is 0.267. The van der Waals surface area contributed by atoms with Crippen LogP contribution in [-0.2, 0) is 14.9 Å². The van der Waals surface area contributed by atoms with Crippen molar-refractivity contribution >= 4 is 18.6 Å². The summed E-state index contributed by atoms with van der Waals surface area (Å²) in [7, 11) is 14.1. The maximum absolute atomic E-state index is 7.06. The molecule has 1 nitrogen and oxygen atoms in total. The van der Waals surface area contributed by atoms with Crippen LogP contribution in [0.5, 0.6) is 5.75 Å². The minimum atomic E-state index is -3.81. The Bertz CT molecular complexity index is 1180. The van der Waals surface area contributed by atoms with Gasteiger partial charge in [-0.1, -0.05) is 0 Å². The molecule has 0 bridgehead atoms. The van der Waals surface area contributed by atoms with E-state index < -0.39 is 14.9 Å². The molecule has 0 heterocycles. The quantitative estimate of drug-likeness (QED) is 0.278. The standard InChI is InChI=1S/C25H28O.C5H5.2ClH.Ti/c1-16(2)19-10-6-8-12-21(19)23-14-18(5)15-24(25(23)26)22-13-9-7-11-20(22)17(3)4;1-2-4-5-3-1;;;/h6-17,26H,1-5H3;1-3H,4H2;2*1H;/q;;;;+3/p-3. The molecule has 4 rings (SSSR count). The Kier molecular flexibility index (Phi) is 7.80. The van der Waals surface area contributed by atoms with Gasteiger partial charge in [0.15, 0.2) is 0 Å². The summed E-state index contributed by atoms with van der Waals surface area (Å²) in [5.74, 6) is 1.54. The van der Waals surface area contributed by atoms with Crippen molar-refractivity contribution in [3.05, 3.63) is 99.5 Å². The van der Waals surface area contributed by atoms with E-state index in [1.807, 2.05) is 12.2 Å². The van der Waals surface area contributed by atoms with Gasteiger partial charge in [0.2, 0.25) is 0 Å². The molecule has 34 heavy (non-hydrogen) atoms. The normalized spacial score (nSPS) is 13.6. The van der Waals surface area contributed by atoms with Crippen molar-refractivity contribution in [1.82, 2.24) is 0 Å². The van der Waals surface area contributed by atoms with E-state index in [1.54, 1.807) is 0 Å². The number of aryl methyl sites for hydroxylation is 1. The van der Waals surface area contributed by atoms with Crippen LogP contribution in [0.2, 0.25) is 0 Å². The van der Waals surface area contributed by atoms with Gasteiger partial charge in [-0.05, 0) is 0 Å². The second-order valence-electron chi connectivity index (χ2n) is 9.62. The molecule has 3 aromatic carbocycles. The first-order valence-corrected chi connectivity index (χ1v) is 17.7. The van der Waals surface area contributed by atoms with Gasteiger partial charge in [-0.15, -0.1) is 0 Å². The second kappa shape index (κ2) is 10.5. The minimum absolute atomic E-state index is 0.371. The van der Waals surface area contributed by atoms with E-state index >= 15 is 0 Å². The SMILES string of the molecule is Cc1cc(-c2ccccc2C(C)C)c([O][Ti]([Cl])([Cl])[C]2=CC=CC2)c(-c2ccccc2C(C)C)c1. The Morgan fingerprint density at radius 3 is 1.71 bits per heavy atom. The third-order valence-corrected chi connectivity index (χ3v) is 11.5. The van der Waals surface area contributed by atoms with Crippen molar-refractivity contribution < 1.29 is 18.2 Å².